The number of thioether (sulfide) groups is 1. The molecule has 0 radical (unpaired) electrons. The van der Waals surface area contributed by atoms with Crippen LogP contribution in [0.25, 0.3) is 5.95 Å². The maximum atomic E-state index is 12.8. The summed E-state index contributed by atoms with van der Waals surface area (Å²) < 4.78 is 1.53. The lowest BCUT2D eigenvalue weighted by Crippen LogP contribution is -2.26. The fourth-order valence-electron chi connectivity index (χ4n) is 2.73. The molecule has 32 heavy (non-hydrogen) atoms. The smallest absolute Gasteiger partial charge is 0.252 e. The molecular formula is C23H28N6O2S. The van der Waals surface area contributed by atoms with Crippen LogP contribution in [0.15, 0.2) is 48.8 Å². The fraction of sp³-hybridized carbons (Fsp3) is 0.348. The van der Waals surface area contributed by atoms with Crippen molar-refractivity contribution in [3.63, 3.8) is 0 Å². The molecule has 8 nitrogen and oxygen atoms in total. The fourth-order valence-corrected chi connectivity index (χ4v) is 3.41. The van der Waals surface area contributed by atoms with Crippen molar-refractivity contribution in [2.75, 3.05) is 16.4 Å². The zero-order valence-corrected chi connectivity index (χ0v) is 19.7. The lowest BCUT2D eigenvalue weighted by molar-refractivity contribution is -0.115. The van der Waals surface area contributed by atoms with Gasteiger partial charge in [0, 0.05) is 29.6 Å². The van der Waals surface area contributed by atoms with E-state index in [2.05, 4.69) is 25.7 Å². The van der Waals surface area contributed by atoms with E-state index in [-0.39, 0.29) is 23.0 Å². The third-order valence-corrected chi connectivity index (χ3v) is 5.78. The lowest BCUT2D eigenvalue weighted by atomic mass is 9.92. The zero-order valence-electron chi connectivity index (χ0n) is 18.9. The number of amides is 2. The van der Waals surface area contributed by atoms with Crippen molar-refractivity contribution >= 4 is 35.1 Å². The molecule has 168 valence electrons. The minimum absolute atomic E-state index is 0.156. The highest BCUT2D eigenvalue weighted by atomic mass is 32.2. The lowest BCUT2D eigenvalue weighted by Gasteiger charge is -2.13. The Morgan fingerprint density at radius 1 is 1.09 bits per heavy atom. The number of hydrogen-bond donors (Lipinski definition) is 2. The molecule has 0 spiro atoms. The molecule has 1 atom stereocenters. The first-order valence-corrected chi connectivity index (χ1v) is 11.4. The van der Waals surface area contributed by atoms with Gasteiger partial charge in [0.1, 0.15) is 5.82 Å². The van der Waals surface area contributed by atoms with Crippen LogP contribution in [0.4, 0.5) is 11.5 Å². The molecule has 0 aliphatic rings. The molecule has 0 saturated carbocycles. The summed E-state index contributed by atoms with van der Waals surface area (Å²) in [4.78, 5) is 33.5. The molecule has 9 heteroatoms. The van der Waals surface area contributed by atoms with Gasteiger partial charge in [-0.3, -0.25) is 9.59 Å². The minimum Gasteiger partial charge on any atom is -0.325 e. The van der Waals surface area contributed by atoms with Gasteiger partial charge >= 0.3 is 0 Å². The average molecular weight is 453 g/mol. The molecule has 1 unspecified atom stereocenters. The molecule has 2 N–H and O–H groups in total. The van der Waals surface area contributed by atoms with Gasteiger partial charge in [-0.1, -0.05) is 38.5 Å². The Labute approximate surface area is 192 Å². The van der Waals surface area contributed by atoms with Gasteiger partial charge in [-0.05, 0) is 32.0 Å². The summed E-state index contributed by atoms with van der Waals surface area (Å²) in [6, 6.07) is 11.1. The highest BCUT2D eigenvalue weighted by Crippen LogP contribution is 2.26. The zero-order chi connectivity index (χ0) is 23.3. The minimum atomic E-state index is -0.447. The van der Waals surface area contributed by atoms with Crippen molar-refractivity contribution in [3.8, 4) is 5.95 Å². The van der Waals surface area contributed by atoms with Crippen molar-refractivity contribution in [1.82, 2.24) is 19.7 Å². The molecule has 3 rings (SSSR count). The second-order valence-electron chi connectivity index (χ2n) is 8.48. The van der Waals surface area contributed by atoms with Crippen LogP contribution in [0, 0.1) is 6.92 Å². The Balaban J connectivity index is 1.64. The maximum Gasteiger partial charge on any atom is 0.252 e. The van der Waals surface area contributed by atoms with Gasteiger partial charge in [0.2, 0.25) is 11.8 Å². The van der Waals surface area contributed by atoms with Crippen molar-refractivity contribution in [1.29, 1.82) is 0 Å². The van der Waals surface area contributed by atoms with Crippen LogP contribution in [0.2, 0.25) is 0 Å². The molecule has 2 aromatic heterocycles. The summed E-state index contributed by atoms with van der Waals surface area (Å²) in [5, 5.41) is 9.90. The molecule has 0 aliphatic heterocycles. The Kier molecular flexibility index (Phi) is 7.29. The SMILES string of the molecule is Cc1ccc(NC(=O)CSC(C)C(=O)Nc2cc(C(C)(C)C)nn2-c2ncccn2)cc1. The molecule has 0 saturated heterocycles. The van der Waals surface area contributed by atoms with Crippen molar-refractivity contribution in [2.45, 2.75) is 45.3 Å². The van der Waals surface area contributed by atoms with Crippen LogP contribution in [-0.2, 0) is 15.0 Å². The molecule has 3 aromatic rings. The van der Waals surface area contributed by atoms with Crippen LogP contribution in [0.5, 0.6) is 0 Å². The summed E-state index contributed by atoms with van der Waals surface area (Å²) in [6.45, 7) is 9.89. The standard InChI is InChI=1S/C23H28N6O2S/c1-15-7-9-17(10-8-15)26-20(30)14-32-16(2)21(31)27-19-13-18(23(3,4)5)28-29(19)22-24-11-6-12-25-22/h6-13,16H,14H2,1-5H3,(H,26,30)(H,27,31). The number of hydrogen-bond acceptors (Lipinski definition) is 6. The maximum absolute atomic E-state index is 12.8. The number of nitrogens with zero attached hydrogens (tertiary/aromatic N) is 4. The highest BCUT2D eigenvalue weighted by molar-refractivity contribution is 8.01. The number of carbonyl (C=O) groups excluding carboxylic acids is 2. The second kappa shape index (κ2) is 9.95. The van der Waals surface area contributed by atoms with Crippen LogP contribution in [0.3, 0.4) is 0 Å². The van der Waals surface area contributed by atoms with Gasteiger partial charge in [0.25, 0.3) is 5.95 Å². The number of nitrogens with one attached hydrogen (secondary N) is 2. The van der Waals surface area contributed by atoms with E-state index in [1.807, 2.05) is 58.0 Å². The topological polar surface area (TPSA) is 102 Å². The summed E-state index contributed by atoms with van der Waals surface area (Å²) in [5.41, 5.74) is 2.45. The van der Waals surface area contributed by atoms with E-state index in [4.69, 9.17) is 0 Å². The predicted molar refractivity (Wildman–Crippen MR) is 128 cm³/mol. The third kappa shape index (κ3) is 6.16. The van der Waals surface area contributed by atoms with E-state index in [1.165, 1.54) is 16.4 Å². The largest absolute Gasteiger partial charge is 0.325 e. The van der Waals surface area contributed by atoms with E-state index >= 15 is 0 Å². The van der Waals surface area contributed by atoms with Crippen LogP contribution >= 0.6 is 11.8 Å². The van der Waals surface area contributed by atoms with Gasteiger partial charge < -0.3 is 10.6 Å². The van der Waals surface area contributed by atoms with Gasteiger partial charge in [-0.25, -0.2) is 9.97 Å². The van der Waals surface area contributed by atoms with E-state index < -0.39 is 5.25 Å². The normalized spacial score (nSPS) is 12.3. The van der Waals surface area contributed by atoms with Crippen LogP contribution in [0.1, 0.15) is 39.0 Å². The van der Waals surface area contributed by atoms with Gasteiger partial charge in [-0.15, -0.1) is 11.8 Å². The van der Waals surface area contributed by atoms with Crippen molar-refractivity contribution < 1.29 is 9.59 Å². The number of benzene rings is 1. The predicted octanol–water partition coefficient (Wildman–Crippen LogP) is 3.97. The van der Waals surface area contributed by atoms with Crippen molar-refractivity contribution in [3.05, 3.63) is 60.0 Å². The van der Waals surface area contributed by atoms with E-state index in [0.29, 0.717) is 11.8 Å². The Bertz CT molecular complexity index is 1070. The third-order valence-electron chi connectivity index (χ3n) is 4.64. The first-order chi connectivity index (χ1) is 15.1. The van der Waals surface area contributed by atoms with Gasteiger partial charge in [0.15, 0.2) is 0 Å². The number of aryl methyl sites for hydroxylation is 1. The average Bonchev–Trinajstić information content (AvgIpc) is 3.18. The molecule has 0 fully saturated rings. The number of carbonyl (C=O) groups is 2. The molecular weight excluding hydrogens is 424 g/mol. The summed E-state index contributed by atoms with van der Waals surface area (Å²) in [7, 11) is 0. The first kappa shape index (κ1) is 23.5. The van der Waals surface area contributed by atoms with Gasteiger partial charge in [-0.2, -0.15) is 9.78 Å². The van der Waals surface area contributed by atoms with Crippen LogP contribution in [-0.4, -0.2) is 42.6 Å². The molecule has 2 amide bonds. The first-order valence-electron chi connectivity index (χ1n) is 10.3. The summed E-state index contributed by atoms with van der Waals surface area (Å²) in [6.07, 6.45) is 3.25. The Morgan fingerprint density at radius 2 is 1.75 bits per heavy atom. The van der Waals surface area contributed by atoms with E-state index in [1.54, 1.807) is 25.4 Å². The molecule has 2 heterocycles. The molecule has 1 aromatic carbocycles. The molecule has 0 aliphatic carbocycles. The summed E-state index contributed by atoms with van der Waals surface area (Å²) >= 11 is 1.26. The van der Waals surface area contributed by atoms with Gasteiger partial charge in [0.05, 0.1) is 16.7 Å². The molecule has 0 bridgehead atoms. The highest BCUT2D eigenvalue weighted by Gasteiger charge is 2.24. The Morgan fingerprint density at radius 3 is 2.38 bits per heavy atom. The number of aromatic nitrogens is 4. The Hall–Kier alpha value is -3.20. The number of rotatable bonds is 7. The van der Waals surface area contributed by atoms with E-state index in [9.17, 15) is 9.59 Å². The van der Waals surface area contributed by atoms with Crippen LogP contribution < -0.4 is 10.6 Å². The van der Waals surface area contributed by atoms with E-state index in [0.717, 1.165) is 16.9 Å². The summed E-state index contributed by atoms with van der Waals surface area (Å²) in [5.74, 6) is 0.641. The number of anilines is 2. The second-order valence-corrected chi connectivity index (χ2v) is 9.81. The monoisotopic (exact) mass is 452 g/mol. The van der Waals surface area contributed by atoms with Crippen molar-refractivity contribution in [2.24, 2.45) is 0 Å². The quantitative estimate of drug-likeness (QED) is 0.562.